The number of halogens is 4. The summed E-state index contributed by atoms with van der Waals surface area (Å²) < 4.78 is 67.8. The van der Waals surface area contributed by atoms with Crippen molar-refractivity contribution >= 4 is 29.6 Å². The van der Waals surface area contributed by atoms with Crippen LogP contribution in [0, 0.1) is 5.82 Å². The zero-order valence-corrected chi connectivity index (χ0v) is 29.0. The molecule has 52 heavy (non-hydrogen) atoms. The van der Waals surface area contributed by atoms with Crippen molar-refractivity contribution in [2.24, 2.45) is 0 Å². The Balaban J connectivity index is 1.80. The number of ether oxygens (including phenoxy) is 2. The average molecular weight is 721 g/mol. The van der Waals surface area contributed by atoms with Crippen LogP contribution in [0.15, 0.2) is 91.0 Å². The van der Waals surface area contributed by atoms with E-state index in [0.29, 0.717) is 17.3 Å². The number of nitrogens with one attached hydrogen (secondary N) is 1. The first-order valence-corrected chi connectivity index (χ1v) is 16.2. The number of nitrogens with zero attached hydrogens (tertiary/aromatic N) is 3. The normalized spacial score (nSPS) is 16.5. The number of esters is 2. The highest BCUT2D eigenvalue weighted by atomic mass is 19.4. The topological polar surface area (TPSA) is 120 Å². The Bertz CT molecular complexity index is 2020. The molecular weight excluding hydrogens is 684 g/mol. The maximum Gasteiger partial charge on any atom is 0.416 e. The van der Waals surface area contributed by atoms with Gasteiger partial charge in [0.2, 0.25) is 0 Å². The fourth-order valence-corrected chi connectivity index (χ4v) is 5.97. The van der Waals surface area contributed by atoms with Crippen molar-refractivity contribution in [1.29, 1.82) is 0 Å². The van der Waals surface area contributed by atoms with E-state index in [4.69, 9.17) is 14.6 Å². The van der Waals surface area contributed by atoms with Gasteiger partial charge < -0.3 is 14.8 Å². The highest BCUT2D eigenvalue weighted by Crippen LogP contribution is 2.47. The van der Waals surface area contributed by atoms with Crippen LogP contribution < -0.4 is 10.2 Å². The number of carbonyl (C=O) groups excluding carboxylic acids is 4. The molecule has 10 nitrogen and oxygen atoms in total. The summed E-state index contributed by atoms with van der Waals surface area (Å²) in [6.45, 7) is 11.6. The minimum absolute atomic E-state index is 0.0150. The third-order valence-corrected chi connectivity index (χ3v) is 8.15. The van der Waals surface area contributed by atoms with Crippen molar-refractivity contribution < 1.29 is 46.2 Å². The molecule has 0 unspecified atom stereocenters. The van der Waals surface area contributed by atoms with Gasteiger partial charge in [0, 0.05) is 30.5 Å². The fourth-order valence-electron chi connectivity index (χ4n) is 5.97. The van der Waals surface area contributed by atoms with E-state index < -0.39 is 65.0 Å². The molecule has 4 aromatic rings. The summed E-state index contributed by atoms with van der Waals surface area (Å²) in [6, 6.07) is 15.9. The van der Waals surface area contributed by atoms with E-state index in [1.165, 1.54) is 27.8 Å². The lowest BCUT2D eigenvalue weighted by molar-refractivity contribution is -0.154. The Kier molecular flexibility index (Phi) is 10.4. The number of aromatic nitrogens is 2. The van der Waals surface area contributed by atoms with Gasteiger partial charge in [0.25, 0.3) is 11.8 Å². The number of hydrogen-bond donors (Lipinski definition) is 1. The maximum absolute atomic E-state index is 14.5. The number of anilines is 1. The first kappa shape index (κ1) is 37.5. The summed E-state index contributed by atoms with van der Waals surface area (Å²) in [7, 11) is 0. The monoisotopic (exact) mass is 720 g/mol. The largest absolute Gasteiger partial charge is 0.457 e. The SMILES string of the molecule is C=C(C(=O)OC(C)(C)C)[C@@H](OC(C)=O)c1nn(-c2ccccc2)c2c1[C@@H](c1ccc(F)cc1)[C@@H](NC(=O)c1cccc(C(F)(F)F)c1)C(=O)N2CC. The molecule has 0 fully saturated rings. The summed E-state index contributed by atoms with van der Waals surface area (Å²) in [5, 5.41) is 7.44. The van der Waals surface area contributed by atoms with E-state index >= 15 is 0 Å². The number of fused-ring (bicyclic) bond motifs is 1. The second-order valence-corrected chi connectivity index (χ2v) is 13.0. The van der Waals surface area contributed by atoms with Gasteiger partial charge in [-0.05, 0) is 75.7 Å². The third kappa shape index (κ3) is 7.75. The van der Waals surface area contributed by atoms with Crippen molar-refractivity contribution in [3.63, 3.8) is 0 Å². The highest BCUT2D eigenvalue weighted by Gasteiger charge is 2.48. The summed E-state index contributed by atoms with van der Waals surface area (Å²) >= 11 is 0. The number of rotatable bonds is 9. The standard InChI is InChI=1S/C38H36F4N4O6/c1-7-45-34-29(30(44-46(34)27-14-9-8-10-15-27)32(51-22(3)47)21(2)36(50)52-37(4,5)6)28(23-16-18-26(39)19-17-23)31(35(45)49)43-33(48)24-12-11-13-25(20-24)38(40,41)42/h8-20,28,31-32H,2,7H2,1,3-6H3,(H,43,48)/t28-,31-,32-/m1/s1. The van der Waals surface area contributed by atoms with Gasteiger partial charge in [0.15, 0.2) is 6.10 Å². The molecule has 0 spiro atoms. The van der Waals surface area contributed by atoms with E-state index in [9.17, 15) is 36.7 Å². The second-order valence-electron chi connectivity index (χ2n) is 13.0. The van der Waals surface area contributed by atoms with Gasteiger partial charge in [-0.2, -0.15) is 18.3 Å². The molecule has 2 heterocycles. The Hall–Kier alpha value is -5.79. The van der Waals surface area contributed by atoms with Crippen molar-refractivity contribution in [2.45, 2.75) is 64.5 Å². The zero-order chi connectivity index (χ0) is 38.1. The molecule has 1 aromatic heterocycles. The number of carbonyl (C=O) groups is 4. The van der Waals surface area contributed by atoms with Crippen LogP contribution in [-0.2, 0) is 30.0 Å². The molecule has 14 heteroatoms. The highest BCUT2D eigenvalue weighted by molar-refractivity contribution is 6.05. The van der Waals surface area contributed by atoms with Crippen LogP contribution in [0.5, 0.6) is 0 Å². The second kappa shape index (κ2) is 14.4. The number of alkyl halides is 3. The summed E-state index contributed by atoms with van der Waals surface area (Å²) in [5.74, 6) is -5.02. The van der Waals surface area contributed by atoms with Crippen LogP contribution in [0.3, 0.4) is 0 Å². The Labute approximate surface area is 297 Å². The van der Waals surface area contributed by atoms with Gasteiger partial charge in [0.1, 0.15) is 29.0 Å². The smallest absolute Gasteiger partial charge is 0.416 e. The van der Waals surface area contributed by atoms with Crippen LogP contribution in [0.2, 0.25) is 0 Å². The molecular formula is C38H36F4N4O6. The predicted molar refractivity (Wildman–Crippen MR) is 182 cm³/mol. The molecule has 0 saturated carbocycles. The Morgan fingerprint density at radius 1 is 0.981 bits per heavy atom. The third-order valence-electron chi connectivity index (χ3n) is 8.15. The lowest BCUT2D eigenvalue weighted by Gasteiger charge is -2.39. The molecule has 3 aromatic carbocycles. The van der Waals surface area contributed by atoms with Crippen LogP contribution in [0.1, 0.15) is 79.4 Å². The van der Waals surface area contributed by atoms with E-state index in [-0.39, 0.29) is 34.8 Å². The van der Waals surface area contributed by atoms with Crippen molar-refractivity contribution in [1.82, 2.24) is 15.1 Å². The molecule has 272 valence electrons. The summed E-state index contributed by atoms with van der Waals surface area (Å²) in [4.78, 5) is 55.6. The molecule has 0 saturated heterocycles. The summed E-state index contributed by atoms with van der Waals surface area (Å²) in [6.07, 6.45) is -6.33. The van der Waals surface area contributed by atoms with Crippen molar-refractivity contribution in [3.05, 3.63) is 125 Å². The van der Waals surface area contributed by atoms with E-state index in [1.54, 1.807) is 58.0 Å². The predicted octanol–water partition coefficient (Wildman–Crippen LogP) is 6.83. The van der Waals surface area contributed by atoms with Gasteiger partial charge in [-0.25, -0.2) is 13.9 Å². The van der Waals surface area contributed by atoms with Gasteiger partial charge >= 0.3 is 18.1 Å². The fraction of sp³-hybridized carbons (Fsp3) is 0.289. The number of para-hydroxylation sites is 1. The molecule has 1 aliphatic rings. The number of amides is 2. The molecule has 1 N–H and O–H groups in total. The van der Waals surface area contributed by atoms with Crippen LogP contribution >= 0.6 is 0 Å². The summed E-state index contributed by atoms with van der Waals surface area (Å²) in [5.41, 5.74) is -1.82. The molecule has 5 rings (SSSR count). The van der Waals surface area contributed by atoms with E-state index in [2.05, 4.69) is 11.9 Å². The molecule has 0 radical (unpaired) electrons. The maximum atomic E-state index is 14.5. The molecule has 1 aliphatic heterocycles. The lowest BCUT2D eigenvalue weighted by Crippen LogP contribution is -2.55. The lowest BCUT2D eigenvalue weighted by atomic mass is 9.79. The van der Waals surface area contributed by atoms with Gasteiger partial charge in [-0.3, -0.25) is 19.3 Å². The number of benzene rings is 3. The number of likely N-dealkylation sites (N-methyl/N-ethyl adjacent to an activating group) is 1. The molecule has 0 bridgehead atoms. The van der Waals surface area contributed by atoms with Crippen molar-refractivity contribution in [2.75, 3.05) is 11.4 Å². The molecule has 0 aliphatic carbocycles. The van der Waals surface area contributed by atoms with Gasteiger partial charge in [-0.15, -0.1) is 0 Å². The quantitative estimate of drug-likeness (QED) is 0.114. The van der Waals surface area contributed by atoms with Gasteiger partial charge in [-0.1, -0.05) is 43.0 Å². The van der Waals surface area contributed by atoms with Crippen LogP contribution in [-0.4, -0.2) is 51.7 Å². The van der Waals surface area contributed by atoms with Crippen LogP contribution in [0.4, 0.5) is 23.4 Å². The molecule has 2 amide bonds. The minimum Gasteiger partial charge on any atom is -0.457 e. The van der Waals surface area contributed by atoms with Gasteiger partial charge in [0.05, 0.1) is 16.8 Å². The first-order chi connectivity index (χ1) is 24.4. The average Bonchev–Trinajstić information content (AvgIpc) is 3.46. The first-order valence-electron chi connectivity index (χ1n) is 16.2. The number of hydrogen-bond acceptors (Lipinski definition) is 7. The Morgan fingerprint density at radius 3 is 2.21 bits per heavy atom. The van der Waals surface area contributed by atoms with Crippen LogP contribution in [0.25, 0.3) is 5.69 Å². The van der Waals surface area contributed by atoms with E-state index in [1.807, 2.05) is 0 Å². The zero-order valence-electron chi connectivity index (χ0n) is 29.0. The van der Waals surface area contributed by atoms with E-state index in [0.717, 1.165) is 31.2 Å². The van der Waals surface area contributed by atoms with Crippen molar-refractivity contribution in [3.8, 4) is 5.69 Å². The molecule has 3 atom stereocenters. The minimum atomic E-state index is -4.75. The Morgan fingerprint density at radius 2 is 1.63 bits per heavy atom.